The van der Waals surface area contributed by atoms with Crippen molar-refractivity contribution in [3.05, 3.63) is 54.4 Å². The molecule has 3 aromatic rings. The van der Waals surface area contributed by atoms with Gasteiger partial charge in [-0.2, -0.15) is 0 Å². The van der Waals surface area contributed by atoms with Crippen molar-refractivity contribution < 1.29 is 9.90 Å². The normalized spacial score (nSPS) is 10.5. The lowest BCUT2D eigenvalue weighted by Gasteiger charge is -1.98. The van der Waals surface area contributed by atoms with Crippen LogP contribution in [0.4, 0.5) is 0 Å². The number of nitrogens with zero attached hydrogens (tertiary/aromatic N) is 3. The molecule has 0 saturated carbocycles. The zero-order valence-electron chi connectivity index (χ0n) is 10.6. The minimum atomic E-state index is -0.929. The van der Waals surface area contributed by atoms with Crippen LogP contribution in [0.3, 0.4) is 0 Å². The Kier molecular flexibility index (Phi) is 3.94. The molecule has 0 fully saturated rings. The fourth-order valence-electron chi connectivity index (χ4n) is 1.62. The summed E-state index contributed by atoms with van der Waals surface area (Å²) >= 11 is 2.93. The highest BCUT2D eigenvalue weighted by molar-refractivity contribution is 8.01. The molecule has 21 heavy (non-hydrogen) atoms. The van der Waals surface area contributed by atoms with Gasteiger partial charge in [0.2, 0.25) is 0 Å². The fraction of sp³-hybridized carbons (Fsp3) is 0. The predicted octanol–water partition coefficient (Wildman–Crippen LogP) is 3.45. The van der Waals surface area contributed by atoms with Gasteiger partial charge < -0.3 is 5.11 Å². The van der Waals surface area contributed by atoms with Gasteiger partial charge in [0.15, 0.2) is 4.34 Å². The molecule has 1 N–H and O–H groups in total. The van der Waals surface area contributed by atoms with Gasteiger partial charge in [0.25, 0.3) is 0 Å². The number of benzene rings is 1. The first-order chi connectivity index (χ1) is 10.2. The van der Waals surface area contributed by atoms with E-state index in [4.69, 9.17) is 5.11 Å². The first kappa shape index (κ1) is 13.7. The van der Waals surface area contributed by atoms with E-state index in [1.807, 2.05) is 12.1 Å². The van der Waals surface area contributed by atoms with Crippen LogP contribution in [-0.4, -0.2) is 26.3 Å². The number of aromatic carboxylic acids is 1. The van der Waals surface area contributed by atoms with Crippen molar-refractivity contribution >= 4 is 29.1 Å². The van der Waals surface area contributed by atoms with Crippen molar-refractivity contribution in [3.63, 3.8) is 0 Å². The lowest BCUT2D eigenvalue weighted by Crippen LogP contribution is -1.94. The van der Waals surface area contributed by atoms with E-state index >= 15 is 0 Å². The predicted molar refractivity (Wildman–Crippen MR) is 80.7 cm³/mol. The molecule has 0 aliphatic heterocycles. The van der Waals surface area contributed by atoms with E-state index in [1.165, 1.54) is 23.1 Å². The van der Waals surface area contributed by atoms with Crippen molar-refractivity contribution in [2.75, 3.05) is 0 Å². The van der Waals surface area contributed by atoms with Gasteiger partial charge in [-0.05, 0) is 36.4 Å². The van der Waals surface area contributed by atoms with Crippen LogP contribution in [0.5, 0.6) is 0 Å². The maximum Gasteiger partial charge on any atom is 0.335 e. The fourth-order valence-corrected chi connectivity index (χ4v) is 3.44. The summed E-state index contributed by atoms with van der Waals surface area (Å²) in [5, 5.41) is 17.9. The molecule has 0 radical (unpaired) electrons. The van der Waals surface area contributed by atoms with Gasteiger partial charge >= 0.3 is 5.97 Å². The SMILES string of the molecule is O=C(O)c1ccc(Sc2nnc(-c3cccnc3)s2)cc1. The van der Waals surface area contributed by atoms with Gasteiger partial charge in [0, 0.05) is 22.9 Å². The second-order valence-electron chi connectivity index (χ2n) is 4.05. The van der Waals surface area contributed by atoms with Crippen molar-refractivity contribution in [1.29, 1.82) is 0 Å². The van der Waals surface area contributed by atoms with E-state index in [9.17, 15) is 4.79 Å². The lowest BCUT2D eigenvalue weighted by atomic mass is 10.2. The summed E-state index contributed by atoms with van der Waals surface area (Å²) in [6.45, 7) is 0. The van der Waals surface area contributed by atoms with Crippen LogP contribution in [0.15, 0.2) is 58.0 Å². The number of carboxylic acids is 1. The van der Waals surface area contributed by atoms with Crippen molar-refractivity contribution in [2.45, 2.75) is 9.24 Å². The first-order valence-electron chi connectivity index (χ1n) is 5.97. The summed E-state index contributed by atoms with van der Waals surface area (Å²) in [5.74, 6) is -0.929. The van der Waals surface area contributed by atoms with Crippen LogP contribution in [0.25, 0.3) is 10.6 Å². The highest BCUT2D eigenvalue weighted by Crippen LogP contribution is 2.33. The smallest absolute Gasteiger partial charge is 0.335 e. The Labute approximate surface area is 128 Å². The maximum atomic E-state index is 10.8. The number of hydrogen-bond donors (Lipinski definition) is 1. The Morgan fingerprint density at radius 3 is 2.62 bits per heavy atom. The van der Waals surface area contributed by atoms with Gasteiger partial charge in [-0.15, -0.1) is 10.2 Å². The van der Waals surface area contributed by atoms with Crippen molar-refractivity contribution in [2.24, 2.45) is 0 Å². The molecule has 0 atom stereocenters. The van der Waals surface area contributed by atoms with Crippen LogP contribution in [0, 0.1) is 0 Å². The zero-order valence-corrected chi connectivity index (χ0v) is 12.3. The Morgan fingerprint density at radius 1 is 1.14 bits per heavy atom. The van der Waals surface area contributed by atoms with Gasteiger partial charge in [0.1, 0.15) is 5.01 Å². The number of hydrogen-bond acceptors (Lipinski definition) is 6. The minimum Gasteiger partial charge on any atom is -0.478 e. The largest absolute Gasteiger partial charge is 0.478 e. The van der Waals surface area contributed by atoms with Crippen LogP contribution in [0.1, 0.15) is 10.4 Å². The summed E-state index contributed by atoms with van der Waals surface area (Å²) in [6.07, 6.45) is 3.46. The second kappa shape index (κ2) is 6.02. The molecule has 2 aromatic heterocycles. The first-order valence-corrected chi connectivity index (χ1v) is 7.61. The molecule has 0 bridgehead atoms. The van der Waals surface area contributed by atoms with E-state index in [0.29, 0.717) is 0 Å². The highest BCUT2D eigenvalue weighted by atomic mass is 32.2. The van der Waals surface area contributed by atoms with E-state index in [0.717, 1.165) is 19.8 Å². The third-order valence-corrected chi connectivity index (χ3v) is 4.65. The topological polar surface area (TPSA) is 76.0 Å². The van der Waals surface area contributed by atoms with E-state index < -0.39 is 5.97 Å². The maximum absolute atomic E-state index is 10.8. The Bertz CT molecular complexity index is 757. The monoisotopic (exact) mass is 315 g/mol. The lowest BCUT2D eigenvalue weighted by molar-refractivity contribution is 0.0697. The van der Waals surface area contributed by atoms with Gasteiger partial charge in [-0.3, -0.25) is 4.98 Å². The average molecular weight is 315 g/mol. The van der Waals surface area contributed by atoms with E-state index in [2.05, 4.69) is 15.2 Å². The van der Waals surface area contributed by atoms with E-state index in [-0.39, 0.29) is 5.56 Å². The van der Waals surface area contributed by atoms with Crippen molar-refractivity contribution in [1.82, 2.24) is 15.2 Å². The second-order valence-corrected chi connectivity index (χ2v) is 6.34. The van der Waals surface area contributed by atoms with E-state index in [1.54, 1.807) is 36.7 Å². The molecule has 0 unspecified atom stereocenters. The number of carbonyl (C=O) groups is 1. The molecule has 2 heterocycles. The molecule has 0 spiro atoms. The van der Waals surface area contributed by atoms with Gasteiger partial charge in [-0.25, -0.2) is 4.79 Å². The summed E-state index contributed by atoms with van der Waals surface area (Å²) in [6, 6.07) is 10.5. The molecule has 3 rings (SSSR count). The van der Waals surface area contributed by atoms with Crippen molar-refractivity contribution in [3.8, 4) is 10.6 Å². The van der Waals surface area contributed by atoms with Crippen LogP contribution >= 0.6 is 23.1 Å². The summed E-state index contributed by atoms with van der Waals surface area (Å²) in [7, 11) is 0. The number of pyridine rings is 1. The molecular formula is C14H9N3O2S2. The summed E-state index contributed by atoms with van der Waals surface area (Å²) < 4.78 is 0.803. The molecule has 104 valence electrons. The molecular weight excluding hydrogens is 306 g/mol. The van der Waals surface area contributed by atoms with Crippen LogP contribution < -0.4 is 0 Å². The minimum absolute atomic E-state index is 0.271. The Balaban J connectivity index is 1.77. The number of rotatable bonds is 4. The van der Waals surface area contributed by atoms with Crippen LogP contribution in [-0.2, 0) is 0 Å². The number of carboxylic acid groups (broad SMARTS) is 1. The quantitative estimate of drug-likeness (QED) is 0.794. The molecule has 0 aliphatic rings. The third kappa shape index (κ3) is 3.26. The van der Waals surface area contributed by atoms with Gasteiger partial charge in [0.05, 0.1) is 5.56 Å². The summed E-state index contributed by atoms with van der Waals surface area (Å²) in [5.41, 5.74) is 1.20. The van der Waals surface area contributed by atoms with Gasteiger partial charge in [-0.1, -0.05) is 23.1 Å². The Hall–Kier alpha value is -2.25. The standard InChI is InChI=1S/C14H9N3O2S2/c18-13(19)9-3-5-11(6-4-9)20-14-17-16-12(21-14)10-2-1-7-15-8-10/h1-8H,(H,18,19). The molecule has 0 aliphatic carbocycles. The average Bonchev–Trinajstić information content (AvgIpc) is 2.97. The summed E-state index contributed by atoms with van der Waals surface area (Å²) in [4.78, 5) is 15.8. The Morgan fingerprint density at radius 2 is 1.95 bits per heavy atom. The molecule has 7 heteroatoms. The molecule has 0 amide bonds. The molecule has 1 aromatic carbocycles. The zero-order chi connectivity index (χ0) is 14.7. The number of aromatic nitrogens is 3. The highest BCUT2D eigenvalue weighted by Gasteiger charge is 2.09. The third-order valence-electron chi connectivity index (χ3n) is 2.62. The molecule has 5 nitrogen and oxygen atoms in total. The van der Waals surface area contributed by atoms with Crippen LogP contribution in [0.2, 0.25) is 0 Å². The molecule has 0 saturated heterocycles.